The molecule has 0 aliphatic heterocycles. The van der Waals surface area contributed by atoms with E-state index in [1.807, 2.05) is 17.9 Å². The van der Waals surface area contributed by atoms with Crippen LogP contribution in [0.5, 0.6) is 0 Å². The van der Waals surface area contributed by atoms with Gasteiger partial charge in [-0.1, -0.05) is 25.1 Å². The summed E-state index contributed by atoms with van der Waals surface area (Å²) in [6.45, 7) is 7.22. The number of rotatable bonds is 7. The van der Waals surface area contributed by atoms with Gasteiger partial charge in [0.15, 0.2) is 0 Å². The van der Waals surface area contributed by atoms with Gasteiger partial charge < -0.3 is 15.6 Å². The summed E-state index contributed by atoms with van der Waals surface area (Å²) < 4.78 is 0. The topological polar surface area (TPSA) is 92.1 Å². The van der Waals surface area contributed by atoms with Gasteiger partial charge in [-0.3, -0.25) is 9.59 Å². The molecule has 1 heterocycles. The smallest absolute Gasteiger partial charge is 0.254 e. The molecule has 0 saturated carbocycles. The Labute approximate surface area is 193 Å². The number of carbonyl (C=O) groups excluding carboxylic acids is 2. The van der Waals surface area contributed by atoms with Crippen LogP contribution < -0.4 is 5.73 Å². The van der Waals surface area contributed by atoms with Gasteiger partial charge in [0.05, 0.1) is 11.0 Å². The fraction of sp³-hybridized carbons (Fsp3) is 0.222. The first-order chi connectivity index (χ1) is 15.9. The number of nitrogens with zero attached hydrogens (tertiary/aromatic N) is 2. The molecule has 6 heteroatoms. The van der Waals surface area contributed by atoms with Crippen LogP contribution in [0.15, 0.2) is 60.7 Å². The van der Waals surface area contributed by atoms with Crippen LogP contribution in [-0.2, 0) is 6.54 Å². The van der Waals surface area contributed by atoms with E-state index in [4.69, 9.17) is 5.73 Å². The van der Waals surface area contributed by atoms with Gasteiger partial charge >= 0.3 is 0 Å². The maximum atomic E-state index is 13.2. The normalized spacial score (nSPS) is 11.0. The number of hydrogen-bond acceptors (Lipinski definition) is 3. The van der Waals surface area contributed by atoms with Gasteiger partial charge in [-0.2, -0.15) is 0 Å². The largest absolute Gasteiger partial charge is 0.366 e. The van der Waals surface area contributed by atoms with Crippen molar-refractivity contribution in [3.63, 3.8) is 0 Å². The molecule has 0 aliphatic carbocycles. The van der Waals surface area contributed by atoms with Crippen molar-refractivity contribution in [1.82, 2.24) is 14.9 Å². The van der Waals surface area contributed by atoms with Crippen LogP contribution in [0.2, 0.25) is 0 Å². The van der Waals surface area contributed by atoms with E-state index in [0.717, 1.165) is 45.5 Å². The molecule has 4 aromatic rings. The highest BCUT2D eigenvalue weighted by Gasteiger charge is 2.17. The molecule has 1 aromatic heterocycles. The quantitative estimate of drug-likeness (QED) is 0.424. The standard InChI is InChI=1S/C27H28N4O2/c1-4-13-31(27(33)20-9-7-19(8-10-20)26(28)32)16-23-14-21(6-5-17(23)2)22-11-12-24-25(15-22)30-18(3)29-24/h5-12,14-15H,4,13,16H2,1-3H3,(H2,28,32)(H,29,30). The van der Waals surface area contributed by atoms with Gasteiger partial charge in [-0.05, 0) is 85.0 Å². The monoisotopic (exact) mass is 440 g/mol. The second-order valence-corrected chi connectivity index (χ2v) is 8.36. The van der Waals surface area contributed by atoms with Crippen molar-refractivity contribution in [1.29, 1.82) is 0 Å². The number of fused-ring (bicyclic) bond motifs is 1. The Morgan fingerprint density at radius 3 is 2.30 bits per heavy atom. The summed E-state index contributed by atoms with van der Waals surface area (Å²) in [5.41, 5.74) is 12.6. The Balaban J connectivity index is 1.62. The minimum Gasteiger partial charge on any atom is -0.366 e. The van der Waals surface area contributed by atoms with Crippen molar-refractivity contribution in [3.05, 3.63) is 88.7 Å². The number of primary amides is 1. The van der Waals surface area contributed by atoms with E-state index in [0.29, 0.717) is 24.2 Å². The first-order valence-electron chi connectivity index (χ1n) is 11.1. The van der Waals surface area contributed by atoms with Gasteiger partial charge in [-0.25, -0.2) is 4.98 Å². The summed E-state index contributed by atoms with van der Waals surface area (Å²) >= 11 is 0. The summed E-state index contributed by atoms with van der Waals surface area (Å²) in [7, 11) is 0. The van der Waals surface area contributed by atoms with Gasteiger partial charge in [0.25, 0.3) is 5.91 Å². The Morgan fingerprint density at radius 1 is 0.939 bits per heavy atom. The van der Waals surface area contributed by atoms with Gasteiger partial charge in [0, 0.05) is 24.2 Å². The molecule has 0 bridgehead atoms. The van der Waals surface area contributed by atoms with Crippen LogP contribution in [0.3, 0.4) is 0 Å². The van der Waals surface area contributed by atoms with Crippen molar-refractivity contribution in [2.75, 3.05) is 6.54 Å². The molecule has 0 unspecified atom stereocenters. The van der Waals surface area contributed by atoms with Crippen LogP contribution in [0.25, 0.3) is 22.2 Å². The number of aromatic nitrogens is 2. The van der Waals surface area contributed by atoms with Crippen LogP contribution in [0, 0.1) is 13.8 Å². The second-order valence-electron chi connectivity index (χ2n) is 8.36. The summed E-state index contributed by atoms with van der Waals surface area (Å²) in [5.74, 6) is 0.326. The van der Waals surface area contributed by atoms with Crippen molar-refractivity contribution in [2.24, 2.45) is 5.73 Å². The summed E-state index contributed by atoms with van der Waals surface area (Å²) in [5, 5.41) is 0. The fourth-order valence-electron chi connectivity index (χ4n) is 4.03. The van der Waals surface area contributed by atoms with Crippen molar-refractivity contribution in [2.45, 2.75) is 33.7 Å². The van der Waals surface area contributed by atoms with E-state index in [1.165, 1.54) is 0 Å². The highest BCUT2D eigenvalue weighted by atomic mass is 16.2. The highest BCUT2D eigenvalue weighted by Crippen LogP contribution is 2.26. The van der Waals surface area contributed by atoms with E-state index in [-0.39, 0.29) is 5.91 Å². The van der Waals surface area contributed by atoms with Crippen molar-refractivity contribution in [3.8, 4) is 11.1 Å². The average Bonchev–Trinajstić information content (AvgIpc) is 3.19. The molecule has 3 aromatic carbocycles. The lowest BCUT2D eigenvalue weighted by molar-refractivity contribution is 0.0742. The minimum absolute atomic E-state index is 0.0629. The van der Waals surface area contributed by atoms with Crippen LogP contribution >= 0.6 is 0 Å². The lowest BCUT2D eigenvalue weighted by Gasteiger charge is -2.24. The number of carbonyl (C=O) groups is 2. The van der Waals surface area contributed by atoms with E-state index in [1.54, 1.807) is 24.3 Å². The Hall–Kier alpha value is -3.93. The van der Waals surface area contributed by atoms with Crippen molar-refractivity contribution < 1.29 is 9.59 Å². The highest BCUT2D eigenvalue weighted by molar-refractivity contribution is 5.97. The molecule has 0 saturated heterocycles. The Morgan fingerprint density at radius 2 is 1.61 bits per heavy atom. The van der Waals surface area contributed by atoms with E-state index < -0.39 is 5.91 Å². The molecule has 0 fully saturated rings. The van der Waals surface area contributed by atoms with Gasteiger partial charge in [-0.15, -0.1) is 0 Å². The summed E-state index contributed by atoms with van der Waals surface area (Å²) in [6.07, 6.45) is 0.847. The molecule has 3 N–H and O–H groups in total. The molecule has 168 valence electrons. The molecule has 0 spiro atoms. The number of imidazole rings is 1. The van der Waals surface area contributed by atoms with E-state index >= 15 is 0 Å². The summed E-state index contributed by atoms with van der Waals surface area (Å²) in [6, 6.07) is 19.1. The third-order valence-electron chi connectivity index (χ3n) is 5.84. The zero-order chi connectivity index (χ0) is 23.5. The van der Waals surface area contributed by atoms with Gasteiger partial charge in [0.1, 0.15) is 5.82 Å². The number of nitrogens with one attached hydrogen (secondary N) is 1. The third-order valence-corrected chi connectivity index (χ3v) is 5.84. The predicted molar refractivity (Wildman–Crippen MR) is 131 cm³/mol. The first kappa shape index (κ1) is 22.3. The molecular weight excluding hydrogens is 412 g/mol. The number of benzene rings is 3. The first-order valence-corrected chi connectivity index (χ1v) is 11.1. The zero-order valence-electron chi connectivity index (χ0n) is 19.2. The number of aromatic amines is 1. The number of nitrogens with two attached hydrogens (primary N) is 1. The maximum Gasteiger partial charge on any atom is 0.254 e. The lowest BCUT2D eigenvalue weighted by atomic mass is 9.98. The molecule has 6 nitrogen and oxygen atoms in total. The van der Waals surface area contributed by atoms with E-state index in [9.17, 15) is 9.59 Å². The number of aryl methyl sites for hydroxylation is 2. The Bertz CT molecular complexity index is 1320. The van der Waals surface area contributed by atoms with E-state index in [2.05, 4.69) is 54.1 Å². The predicted octanol–water partition coefficient (Wildman–Crippen LogP) is 5.00. The lowest BCUT2D eigenvalue weighted by Crippen LogP contribution is -2.31. The second kappa shape index (κ2) is 9.28. The molecule has 0 aliphatic rings. The fourth-order valence-corrected chi connectivity index (χ4v) is 4.03. The molecular formula is C27H28N4O2. The van der Waals surface area contributed by atoms with Crippen molar-refractivity contribution >= 4 is 22.8 Å². The third kappa shape index (κ3) is 4.80. The molecule has 0 atom stereocenters. The van der Waals surface area contributed by atoms with Crippen LogP contribution in [0.1, 0.15) is 51.0 Å². The molecule has 33 heavy (non-hydrogen) atoms. The molecule has 2 amide bonds. The Kier molecular flexibility index (Phi) is 6.27. The number of amides is 2. The number of H-pyrrole nitrogens is 1. The molecule has 4 rings (SSSR count). The SMILES string of the molecule is CCCN(Cc1cc(-c2ccc3nc(C)[nH]c3c2)ccc1C)C(=O)c1ccc(C(N)=O)cc1. The van der Waals surface area contributed by atoms with Crippen LogP contribution in [-0.4, -0.2) is 33.2 Å². The van der Waals surface area contributed by atoms with Gasteiger partial charge in [0.2, 0.25) is 5.91 Å². The summed E-state index contributed by atoms with van der Waals surface area (Å²) in [4.78, 5) is 34.2. The van der Waals surface area contributed by atoms with Crippen LogP contribution in [0.4, 0.5) is 0 Å². The minimum atomic E-state index is -0.504. The molecule has 0 radical (unpaired) electrons. The zero-order valence-corrected chi connectivity index (χ0v) is 19.2. The number of hydrogen-bond donors (Lipinski definition) is 2. The average molecular weight is 441 g/mol. The maximum absolute atomic E-state index is 13.2.